The van der Waals surface area contributed by atoms with Crippen LogP contribution in [0.2, 0.25) is 0 Å². The number of benzene rings is 1. The Hall–Kier alpha value is -0.294. The largest absolute Gasteiger partial charge is 1.00 e. The Kier molecular flexibility index (Phi) is 17.1. The van der Waals surface area contributed by atoms with Crippen LogP contribution in [0.1, 0.15) is 98.8 Å². The topological polar surface area (TPSA) is 110 Å². The summed E-state index contributed by atoms with van der Waals surface area (Å²) in [4.78, 5) is 24.5. The van der Waals surface area contributed by atoms with Gasteiger partial charge in [0, 0.05) is 0 Å². The molecule has 0 amide bonds. The van der Waals surface area contributed by atoms with Crippen LogP contribution in [0, 0.1) is 0 Å². The van der Waals surface area contributed by atoms with Gasteiger partial charge in [-0.2, -0.15) is 0 Å². The molecule has 1 aromatic rings. The molecule has 0 radical (unpaired) electrons. The van der Waals surface area contributed by atoms with Gasteiger partial charge in [0.15, 0.2) is 5.44 Å². The molecule has 0 aliphatic heterocycles. The van der Waals surface area contributed by atoms with Crippen molar-refractivity contribution in [2.24, 2.45) is 0 Å². The maximum atomic E-state index is 12.3. The fraction of sp³-hybridized carbons (Fsp3) is 0.636. The summed E-state index contributed by atoms with van der Waals surface area (Å²) in [6.07, 6.45) is 11.6. The Morgan fingerprint density at radius 1 is 0.871 bits per heavy atom. The second-order valence-electron chi connectivity index (χ2n) is 7.33. The van der Waals surface area contributed by atoms with Crippen LogP contribution in [0.5, 0.6) is 0 Å². The molecule has 7 nitrogen and oxygen atoms in total. The molecule has 170 valence electrons. The molecule has 0 aliphatic rings. The smallest absolute Gasteiger partial charge is 0.745 e. The van der Waals surface area contributed by atoms with Gasteiger partial charge in [-0.05, 0) is 25.5 Å². The number of unbranched alkanes of at least 4 members (excludes halogenated alkanes) is 9. The van der Waals surface area contributed by atoms with E-state index >= 15 is 0 Å². The SMILES string of the molecule is CCCCCCCCCCCCOC(=O)c1ccccc1C(=O)OC(C)S(=O)(=O)[O-].[K+]. The van der Waals surface area contributed by atoms with Crippen molar-refractivity contribution in [2.75, 3.05) is 6.61 Å². The first-order chi connectivity index (χ1) is 14.3. The van der Waals surface area contributed by atoms with Gasteiger partial charge >= 0.3 is 63.3 Å². The van der Waals surface area contributed by atoms with Crippen molar-refractivity contribution in [2.45, 2.75) is 83.5 Å². The minimum atomic E-state index is -4.78. The fourth-order valence-electron chi connectivity index (χ4n) is 2.94. The van der Waals surface area contributed by atoms with Gasteiger partial charge in [-0.25, -0.2) is 18.0 Å². The number of rotatable bonds is 15. The predicted molar refractivity (Wildman–Crippen MR) is 113 cm³/mol. The molecule has 1 atom stereocenters. The number of hydrogen-bond donors (Lipinski definition) is 0. The molecule has 1 unspecified atom stereocenters. The Morgan fingerprint density at radius 2 is 1.32 bits per heavy atom. The van der Waals surface area contributed by atoms with E-state index in [2.05, 4.69) is 11.7 Å². The van der Waals surface area contributed by atoms with Crippen LogP contribution >= 0.6 is 0 Å². The zero-order valence-electron chi connectivity index (χ0n) is 18.9. The molecule has 0 aromatic heterocycles. The summed E-state index contributed by atoms with van der Waals surface area (Å²) >= 11 is 0. The van der Waals surface area contributed by atoms with Crippen molar-refractivity contribution < 1.29 is 83.4 Å². The summed E-state index contributed by atoms with van der Waals surface area (Å²) in [5.74, 6) is -1.75. The van der Waals surface area contributed by atoms with Gasteiger partial charge in [0.05, 0.1) is 17.7 Å². The van der Waals surface area contributed by atoms with Gasteiger partial charge in [-0.15, -0.1) is 0 Å². The summed E-state index contributed by atoms with van der Waals surface area (Å²) in [5, 5.41) is 0. The number of carbonyl (C=O) groups is 2. The molecule has 0 heterocycles. The van der Waals surface area contributed by atoms with Gasteiger partial charge in [0.2, 0.25) is 0 Å². The number of hydrogen-bond acceptors (Lipinski definition) is 7. The first-order valence-electron chi connectivity index (χ1n) is 10.7. The van der Waals surface area contributed by atoms with Crippen molar-refractivity contribution in [3.8, 4) is 0 Å². The average molecular weight is 481 g/mol. The minimum absolute atomic E-state index is 0. The quantitative estimate of drug-likeness (QED) is 0.163. The molecule has 9 heteroatoms. The summed E-state index contributed by atoms with van der Waals surface area (Å²) in [5.41, 5.74) is -2.01. The third kappa shape index (κ3) is 13.1. The van der Waals surface area contributed by atoms with Gasteiger partial charge in [-0.1, -0.05) is 76.8 Å². The van der Waals surface area contributed by atoms with Gasteiger partial charge < -0.3 is 14.0 Å². The first kappa shape index (κ1) is 30.7. The molecule has 0 saturated heterocycles. The third-order valence-corrected chi connectivity index (χ3v) is 5.69. The van der Waals surface area contributed by atoms with E-state index in [1.165, 1.54) is 63.1 Å². The predicted octanol–water partition coefficient (Wildman–Crippen LogP) is 1.82. The third-order valence-electron chi connectivity index (χ3n) is 4.78. The van der Waals surface area contributed by atoms with Crippen LogP contribution in [-0.2, 0) is 19.6 Å². The second kappa shape index (κ2) is 17.2. The van der Waals surface area contributed by atoms with E-state index < -0.39 is 27.5 Å². The van der Waals surface area contributed by atoms with E-state index in [0.717, 1.165) is 26.2 Å². The van der Waals surface area contributed by atoms with E-state index in [1.807, 2.05) is 0 Å². The van der Waals surface area contributed by atoms with E-state index in [4.69, 9.17) is 4.74 Å². The van der Waals surface area contributed by atoms with Crippen molar-refractivity contribution in [3.63, 3.8) is 0 Å². The van der Waals surface area contributed by atoms with Crippen molar-refractivity contribution in [1.82, 2.24) is 0 Å². The van der Waals surface area contributed by atoms with Gasteiger partial charge in [0.1, 0.15) is 10.1 Å². The van der Waals surface area contributed by atoms with Gasteiger partial charge in [-0.3, -0.25) is 0 Å². The summed E-state index contributed by atoms with van der Waals surface area (Å²) in [7, 11) is -4.78. The Balaban J connectivity index is 0.00000900. The number of carbonyl (C=O) groups excluding carboxylic acids is 2. The summed E-state index contributed by atoms with van der Waals surface area (Å²) in [6.45, 7) is 3.41. The molecule has 0 fully saturated rings. The normalized spacial score (nSPS) is 12.0. The average Bonchev–Trinajstić information content (AvgIpc) is 2.71. The summed E-state index contributed by atoms with van der Waals surface area (Å²) in [6, 6.07) is 5.78. The molecule has 0 spiro atoms. The number of ether oxygens (including phenoxy) is 2. The van der Waals surface area contributed by atoms with Crippen LogP contribution in [0.3, 0.4) is 0 Å². The van der Waals surface area contributed by atoms with Crippen molar-refractivity contribution in [3.05, 3.63) is 35.4 Å². The molecule has 0 saturated carbocycles. The Bertz CT molecular complexity index is 765. The standard InChI is InChI=1S/C22H34O7S.K/c1-3-4-5-6-7-8-9-10-11-14-17-28-21(23)19-15-12-13-16-20(19)22(24)29-18(2)30(25,26)27;/h12-13,15-16,18H,3-11,14,17H2,1-2H3,(H,25,26,27);/q;+1/p-1. The van der Waals surface area contributed by atoms with Crippen LogP contribution in [-0.4, -0.2) is 37.0 Å². The van der Waals surface area contributed by atoms with E-state index in [0.29, 0.717) is 0 Å². The monoisotopic (exact) mass is 480 g/mol. The molecule has 0 aliphatic carbocycles. The zero-order chi connectivity index (χ0) is 22.4. The van der Waals surface area contributed by atoms with Crippen LogP contribution in [0.15, 0.2) is 24.3 Å². The maximum absolute atomic E-state index is 12.3. The minimum Gasteiger partial charge on any atom is -0.745 e. The van der Waals surface area contributed by atoms with Crippen molar-refractivity contribution in [1.29, 1.82) is 0 Å². The molecular weight excluding hydrogens is 447 g/mol. The molecule has 31 heavy (non-hydrogen) atoms. The molecular formula is C22H33KO7S. The van der Waals surface area contributed by atoms with Crippen LogP contribution < -0.4 is 51.4 Å². The number of esters is 2. The molecule has 1 aromatic carbocycles. The van der Waals surface area contributed by atoms with Gasteiger partial charge in [0.25, 0.3) is 0 Å². The summed E-state index contributed by atoms with van der Waals surface area (Å²) < 4.78 is 42.7. The molecule has 0 bridgehead atoms. The maximum Gasteiger partial charge on any atom is 1.00 e. The fourth-order valence-corrected chi connectivity index (χ4v) is 3.15. The molecule has 0 N–H and O–H groups in total. The van der Waals surface area contributed by atoms with E-state index in [1.54, 1.807) is 6.07 Å². The van der Waals surface area contributed by atoms with E-state index in [9.17, 15) is 22.6 Å². The molecule has 1 rings (SSSR count). The van der Waals surface area contributed by atoms with Crippen molar-refractivity contribution >= 4 is 22.1 Å². The van der Waals surface area contributed by atoms with Crippen LogP contribution in [0.25, 0.3) is 0 Å². The first-order valence-corrected chi connectivity index (χ1v) is 12.2. The second-order valence-corrected chi connectivity index (χ2v) is 8.98. The Morgan fingerprint density at radius 3 is 1.81 bits per heavy atom. The zero-order valence-corrected chi connectivity index (χ0v) is 22.9. The van der Waals surface area contributed by atoms with E-state index in [-0.39, 0.29) is 69.1 Å². The Labute approximate surface area is 228 Å². The van der Waals surface area contributed by atoms with Crippen LogP contribution in [0.4, 0.5) is 0 Å².